The summed E-state index contributed by atoms with van der Waals surface area (Å²) in [5.41, 5.74) is 3.87. The molecule has 0 bridgehead atoms. The molecular formula is C24H24N4O3. The first-order valence-electron chi connectivity index (χ1n) is 10.5. The Bertz CT molecular complexity index is 1070. The Hall–Kier alpha value is -3.61. The number of benzene rings is 2. The fourth-order valence-corrected chi connectivity index (χ4v) is 3.96. The molecule has 3 aromatic rings. The van der Waals surface area contributed by atoms with Crippen molar-refractivity contribution < 1.29 is 14.3 Å². The standard InChI is InChI=1S/C24H24N4O3/c1-16-2-4-17(5-3-16)20-7-9-23(27-26-20)28-12-10-18(11-13-28)24(29)25-19-6-8-21-22(14-19)31-15-30-21/h2-9,14,18H,10-13,15H2,1H3,(H,25,29). The number of aryl methyl sites for hydroxylation is 1. The fourth-order valence-electron chi connectivity index (χ4n) is 3.96. The molecule has 2 aliphatic heterocycles. The molecule has 0 spiro atoms. The molecular weight excluding hydrogens is 392 g/mol. The van der Waals surface area contributed by atoms with E-state index in [1.165, 1.54) is 5.56 Å². The van der Waals surface area contributed by atoms with E-state index in [0.717, 1.165) is 48.7 Å². The summed E-state index contributed by atoms with van der Waals surface area (Å²) < 4.78 is 10.7. The molecule has 7 heteroatoms. The number of hydrogen-bond donors (Lipinski definition) is 1. The molecule has 5 rings (SSSR count). The Labute approximate surface area is 181 Å². The van der Waals surface area contributed by atoms with Crippen LogP contribution < -0.4 is 19.7 Å². The van der Waals surface area contributed by atoms with Gasteiger partial charge in [-0.1, -0.05) is 29.8 Å². The summed E-state index contributed by atoms with van der Waals surface area (Å²) in [5.74, 6) is 2.24. The van der Waals surface area contributed by atoms with Crippen molar-refractivity contribution in [1.82, 2.24) is 10.2 Å². The normalized spacial score (nSPS) is 15.7. The maximum Gasteiger partial charge on any atom is 0.231 e. The molecule has 0 unspecified atom stereocenters. The van der Waals surface area contributed by atoms with Crippen molar-refractivity contribution in [2.24, 2.45) is 5.92 Å². The predicted octanol–water partition coefficient (Wildman–Crippen LogP) is 4.04. The van der Waals surface area contributed by atoms with E-state index in [2.05, 4.69) is 51.6 Å². The van der Waals surface area contributed by atoms with Crippen LogP contribution in [0.2, 0.25) is 0 Å². The predicted molar refractivity (Wildman–Crippen MR) is 118 cm³/mol. The van der Waals surface area contributed by atoms with Gasteiger partial charge >= 0.3 is 0 Å². The number of nitrogens with zero attached hydrogens (tertiary/aromatic N) is 3. The number of carbonyl (C=O) groups excluding carboxylic acids is 1. The molecule has 1 amide bonds. The van der Waals surface area contributed by atoms with Crippen LogP contribution in [0.3, 0.4) is 0 Å². The van der Waals surface area contributed by atoms with Gasteiger partial charge in [-0.15, -0.1) is 10.2 Å². The molecule has 7 nitrogen and oxygen atoms in total. The van der Waals surface area contributed by atoms with Crippen LogP contribution in [-0.2, 0) is 4.79 Å². The third-order valence-electron chi connectivity index (χ3n) is 5.83. The summed E-state index contributed by atoms with van der Waals surface area (Å²) in [5, 5.41) is 11.8. The highest BCUT2D eigenvalue weighted by molar-refractivity contribution is 5.93. The lowest BCUT2D eigenvalue weighted by atomic mass is 9.95. The van der Waals surface area contributed by atoms with Crippen LogP contribution in [0.25, 0.3) is 11.3 Å². The third-order valence-corrected chi connectivity index (χ3v) is 5.83. The average molecular weight is 416 g/mol. The molecule has 31 heavy (non-hydrogen) atoms. The zero-order valence-electron chi connectivity index (χ0n) is 17.4. The number of piperidine rings is 1. The number of nitrogens with one attached hydrogen (secondary N) is 1. The van der Waals surface area contributed by atoms with Gasteiger partial charge in [0.05, 0.1) is 5.69 Å². The maximum absolute atomic E-state index is 12.7. The Morgan fingerprint density at radius 3 is 2.48 bits per heavy atom. The van der Waals surface area contributed by atoms with Crippen LogP contribution in [0.15, 0.2) is 54.6 Å². The SMILES string of the molecule is Cc1ccc(-c2ccc(N3CCC(C(=O)Nc4ccc5c(c4)OCO5)CC3)nn2)cc1. The van der Waals surface area contributed by atoms with E-state index in [-0.39, 0.29) is 18.6 Å². The number of ether oxygens (including phenoxy) is 2. The van der Waals surface area contributed by atoms with Crippen molar-refractivity contribution in [2.75, 3.05) is 30.1 Å². The lowest BCUT2D eigenvalue weighted by molar-refractivity contribution is -0.120. The Morgan fingerprint density at radius 1 is 0.968 bits per heavy atom. The average Bonchev–Trinajstić information content (AvgIpc) is 3.28. The van der Waals surface area contributed by atoms with Crippen molar-refractivity contribution >= 4 is 17.4 Å². The minimum atomic E-state index is -0.0264. The summed E-state index contributed by atoms with van der Waals surface area (Å²) in [6.07, 6.45) is 1.55. The second kappa shape index (κ2) is 8.26. The number of rotatable bonds is 4. The van der Waals surface area contributed by atoms with E-state index in [1.54, 1.807) is 6.07 Å². The summed E-state index contributed by atoms with van der Waals surface area (Å²) in [6, 6.07) is 17.7. The van der Waals surface area contributed by atoms with E-state index in [1.807, 2.05) is 24.3 Å². The van der Waals surface area contributed by atoms with Crippen LogP contribution in [0.1, 0.15) is 18.4 Å². The van der Waals surface area contributed by atoms with Crippen molar-refractivity contribution in [1.29, 1.82) is 0 Å². The Morgan fingerprint density at radius 2 is 1.74 bits per heavy atom. The molecule has 0 radical (unpaired) electrons. The molecule has 1 saturated heterocycles. The zero-order chi connectivity index (χ0) is 21.2. The lowest BCUT2D eigenvalue weighted by Crippen LogP contribution is -2.38. The van der Waals surface area contributed by atoms with Gasteiger partial charge in [0.1, 0.15) is 0 Å². The summed E-state index contributed by atoms with van der Waals surface area (Å²) in [6.45, 7) is 3.84. The number of amides is 1. The zero-order valence-corrected chi connectivity index (χ0v) is 17.4. The summed E-state index contributed by atoms with van der Waals surface area (Å²) in [4.78, 5) is 14.9. The van der Waals surface area contributed by atoms with Crippen molar-refractivity contribution in [3.63, 3.8) is 0 Å². The first-order valence-corrected chi connectivity index (χ1v) is 10.5. The largest absolute Gasteiger partial charge is 0.454 e. The van der Waals surface area contributed by atoms with E-state index in [4.69, 9.17) is 9.47 Å². The minimum Gasteiger partial charge on any atom is -0.454 e. The molecule has 1 aromatic heterocycles. The van der Waals surface area contributed by atoms with Gasteiger partial charge in [0.2, 0.25) is 12.7 Å². The monoisotopic (exact) mass is 416 g/mol. The molecule has 158 valence electrons. The molecule has 2 aliphatic rings. The second-order valence-electron chi connectivity index (χ2n) is 7.96. The topological polar surface area (TPSA) is 76.6 Å². The van der Waals surface area contributed by atoms with E-state index >= 15 is 0 Å². The molecule has 0 saturated carbocycles. The Kier molecular flexibility index (Phi) is 5.16. The quantitative estimate of drug-likeness (QED) is 0.692. The molecule has 0 aliphatic carbocycles. The maximum atomic E-state index is 12.7. The summed E-state index contributed by atoms with van der Waals surface area (Å²) in [7, 11) is 0. The molecule has 1 N–H and O–H groups in total. The van der Waals surface area contributed by atoms with Gasteiger partial charge in [0.25, 0.3) is 0 Å². The van der Waals surface area contributed by atoms with E-state index < -0.39 is 0 Å². The van der Waals surface area contributed by atoms with Crippen LogP contribution >= 0.6 is 0 Å². The smallest absolute Gasteiger partial charge is 0.231 e. The Balaban J connectivity index is 1.17. The highest BCUT2D eigenvalue weighted by Crippen LogP contribution is 2.34. The van der Waals surface area contributed by atoms with Crippen LogP contribution in [0.5, 0.6) is 11.5 Å². The molecule has 3 heterocycles. The van der Waals surface area contributed by atoms with Gasteiger partial charge in [0.15, 0.2) is 17.3 Å². The van der Waals surface area contributed by atoms with E-state index in [0.29, 0.717) is 11.5 Å². The van der Waals surface area contributed by atoms with Crippen LogP contribution in [0.4, 0.5) is 11.5 Å². The van der Waals surface area contributed by atoms with E-state index in [9.17, 15) is 4.79 Å². The van der Waals surface area contributed by atoms with Gasteiger partial charge in [-0.2, -0.15) is 0 Å². The lowest BCUT2D eigenvalue weighted by Gasteiger charge is -2.31. The van der Waals surface area contributed by atoms with Gasteiger partial charge in [-0.25, -0.2) is 0 Å². The van der Waals surface area contributed by atoms with Gasteiger partial charge in [-0.3, -0.25) is 4.79 Å². The van der Waals surface area contributed by atoms with Gasteiger partial charge in [0, 0.05) is 36.3 Å². The number of hydrogen-bond acceptors (Lipinski definition) is 6. The third kappa shape index (κ3) is 4.17. The first kappa shape index (κ1) is 19.4. The summed E-state index contributed by atoms with van der Waals surface area (Å²) >= 11 is 0. The first-order chi connectivity index (χ1) is 15.2. The number of fused-ring (bicyclic) bond motifs is 1. The molecule has 0 atom stereocenters. The minimum absolute atomic E-state index is 0.0264. The molecule has 1 fully saturated rings. The van der Waals surface area contributed by atoms with Gasteiger partial charge in [-0.05, 0) is 44.0 Å². The van der Waals surface area contributed by atoms with Crippen molar-refractivity contribution in [3.05, 3.63) is 60.2 Å². The highest BCUT2D eigenvalue weighted by Gasteiger charge is 2.26. The fraction of sp³-hybridized carbons (Fsp3) is 0.292. The molecule has 2 aromatic carbocycles. The number of aromatic nitrogens is 2. The highest BCUT2D eigenvalue weighted by atomic mass is 16.7. The second-order valence-corrected chi connectivity index (χ2v) is 7.96. The van der Waals surface area contributed by atoms with Crippen LogP contribution in [-0.4, -0.2) is 36.0 Å². The van der Waals surface area contributed by atoms with Crippen molar-refractivity contribution in [3.8, 4) is 22.8 Å². The van der Waals surface area contributed by atoms with Gasteiger partial charge < -0.3 is 19.7 Å². The number of carbonyl (C=O) groups is 1. The van der Waals surface area contributed by atoms with Crippen LogP contribution in [0, 0.1) is 12.8 Å². The number of anilines is 2. The van der Waals surface area contributed by atoms with Crippen molar-refractivity contribution in [2.45, 2.75) is 19.8 Å².